The first-order chi connectivity index (χ1) is 12.4. The van der Waals surface area contributed by atoms with Gasteiger partial charge in [-0.2, -0.15) is 0 Å². The van der Waals surface area contributed by atoms with Gasteiger partial charge in [0.1, 0.15) is 0 Å². The standard InChI is InChI=1S/C18H25N5O3/c1-10(2)9-23-15-14(17(25)22-18(23)26)12(16(24)20-7-6-19-3)8-13(21-15)11-4-5-11/h8,10-11,19H,4-7,9H2,1-3H3,(H,20,24)(H,22,25,26). The van der Waals surface area contributed by atoms with Gasteiger partial charge in [0.25, 0.3) is 11.5 Å². The minimum Gasteiger partial charge on any atom is -0.351 e. The average Bonchev–Trinajstić information content (AvgIpc) is 3.42. The lowest BCUT2D eigenvalue weighted by Gasteiger charge is -2.14. The molecule has 0 spiro atoms. The highest BCUT2D eigenvalue weighted by atomic mass is 16.2. The third-order valence-corrected chi connectivity index (χ3v) is 4.42. The molecule has 1 aliphatic carbocycles. The lowest BCUT2D eigenvalue weighted by atomic mass is 10.1. The van der Waals surface area contributed by atoms with Gasteiger partial charge < -0.3 is 10.6 Å². The van der Waals surface area contributed by atoms with Crippen molar-refractivity contribution in [3.05, 3.63) is 38.2 Å². The molecule has 1 fully saturated rings. The van der Waals surface area contributed by atoms with Gasteiger partial charge in [0.15, 0.2) is 5.65 Å². The largest absolute Gasteiger partial charge is 0.351 e. The molecule has 1 amide bonds. The third-order valence-electron chi connectivity index (χ3n) is 4.42. The smallest absolute Gasteiger partial charge is 0.330 e. The quantitative estimate of drug-likeness (QED) is 0.626. The third kappa shape index (κ3) is 3.70. The van der Waals surface area contributed by atoms with Gasteiger partial charge in [0, 0.05) is 31.2 Å². The van der Waals surface area contributed by atoms with E-state index in [2.05, 4.69) is 20.6 Å². The summed E-state index contributed by atoms with van der Waals surface area (Å²) in [6.07, 6.45) is 2.02. The monoisotopic (exact) mass is 359 g/mol. The Balaban J connectivity index is 2.21. The second-order valence-electron chi connectivity index (χ2n) is 7.19. The molecule has 2 aromatic rings. The maximum absolute atomic E-state index is 12.7. The molecule has 8 heteroatoms. The number of pyridine rings is 1. The number of rotatable bonds is 7. The topological polar surface area (TPSA) is 109 Å². The molecule has 8 nitrogen and oxygen atoms in total. The number of H-pyrrole nitrogens is 1. The number of nitrogens with zero attached hydrogens (tertiary/aromatic N) is 2. The Bertz CT molecular complexity index is 940. The average molecular weight is 359 g/mol. The van der Waals surface area contributed by atoms with Crippen LogP contribution in [0.5, 0.6) is 0 Å². The van der Waals surface area contributed by atoms with E-state index in [1.165, 1.54) is 4.57 Å². The SMILES string of the molecule is CNCCNC(=O)c1cc(C2CC2)nc2c1c(=O)[nH]c(=O)n2CC(C)C. The van der Waals surface area contributed by atoms with Crippen molar-refractivity contribution < 1.29 is 4.79 Å². The Morgan fingerprint density at radius 1 is 1.35 bits per heavy atom. The maximum Gasteiger partial charge on any atom is 0.330 e. The van der Waals surface area contributed by atoms with Gasteiger partial charge in [-0.05, 0) is 31.9 Å². The van der Waals surface area contributed by atoms with Crippen LogP contribution in [0.4, 0.5) is 0 Å². The summed E-state index contributed by atoms with van der Waals surface area (Å²) >= 11 is 0. The molecule has 1 saturated carbocycles. The van der Waals surface area contributed by atoms with Crippen molar-refractivity contribution in [2.75, 3.05) is 20.1 Å². The number of carbonyl (C=O) groups excluding carboxylic acids is 1. The molecular weight excluding hydrogens is 334 g/mol. The minimum atomic E-state index is -0.571. The number of aromatic nitrogens is 3. The lowest BCUT2D eigenvalue weighted by Crippen LogP contribution is -2.35. The van der Waals surface area contributed by atoms with Gasteiger partial charge >= 0.3 is 5.69 Å². The van der Waals surface area contributed by atoms with E-state index < -0.39 is 11.2 Å². The molecule has 0 bridgehead atoms. The zero-order chi connectivity index (χ0) is 18.8. The van der Waals surface area contributed by atoms with Crippen LogP contribution in [0.3, 0.4) is 0 Å². The van der Waals surface area contributed by atoms with Gasteiger partial charge in [0.2, 0.25) is 0 Å². The van der Waals surface area contributed by atoms with E-state index in [-0.39, 0.29) is 22.8 Å². The van der Waals surface area contributed by atoms with Crippen LogP contribution >= 0.6 is 0 Å². The van der Waals surface area contributed by atoms with Crippen molar-refractivity contribution in [1.82, 2.24) is 25.2 Å². The van der Waals surface area contributed by atoms with Gasteiger partial charge in [-0.25, -0.2) is 9.78 Å². The summed E-state index contributed by atoms with van der Waals surface area (Å²) in [5.41, 5.74) is 0.304. The predicted molar refractivity (Wildman–Crippen MR) is 99.7 cm³/mol. The van der Waals surface area contributed by atoms with Crippen LogP contribution in [0.1, 0.15) is 48.7 Å². The number of aromatic amines is 1. The highest BCUT2D eigenvalue weighted by Crippen LogP contribution is 2.39. The molecule has 26 heavy (non-hydrogen) atoms. The number of amides is 1. The minimum absolute atomic E-state index is 0.177. The summed E-state index contributed by atoms with van der Waals surface area (Å²) in [7, 11) is 1.80. The van der Waals surface area contributed by atoms with Crippen molar-refractivity contribution in [3.8, 4) is 0 Å². The molecule has 0 unspecified atom stereocenters. The van der Waals surface area contributed by atoms with Crippen molar-refractivity contribution in [3.63, 3.8) is 0 Å². The number of fused-ring (bicyclic) bond motifs is 1. The van der Waals surface area contributed by atoms with E-state index in [1.54, 1.807) is 13.1 Å². The fourth-order valence-electron chi connectivity index (χ4n) is 2.99. The van der Waals surface area contributed by atoms with Crippen LogP contribution < -0.4 is 21.9 Å². The zero-order valence-corrected chi connectivity index (χ0v) is 15.4. The van der Waals surface area contributed by atoms with Crippen LogP contribution in [-0.2, 0) is 6.54 Å². The molecule has 2 aromatic heterocycles. The first-order valence-electron chi connectivity index (χ1n) is 9.03. The van der Waals surface area contributed by atoms with Crippen molar-refractivity contribution in [2.24, 2.45) is 5.92 Å². The second-order valence-corrected chi connectivity index (χ2v) is 7.19. The summed E-state index contributed by atoms with van der Waals surface area (Å²) in [4.78, 5) is 44.5. The maximum atomic E-state index is 12.7. The van der Waals surface area contributed by atoms with Gasteiger partial charge in [0.05, 0.1) is 10.9 Å². The summed E-state index contributed by atoms with van der Waals surface area (Å²) in [5.74, 6) is 0.168. The predicted octanol–water partition coefficient (Wildman–Crippen LogP) is 0.567. The first-order valence-corrected chi connectivity index (χ1v) is 9.03. The van der Waals surface area contributed by atoms with Gasteiger partial charge in [-0.3, -0.25) is 19.1 Å². The van der Waals surface area contributed by atoms with E-state index in [0.717, 1.165) is 18.5 Å². The van der Waals surface area contributed by atoms with E-state index in [0.29, 0.717) is 31.2 Å². The molecule has 0 aromatic carbocycles. The molecule has 3 N–H and O–H groups in total. The van der Waals surface area contributed by atoms with Gasteiger partial charge in [-0.15, -0.1) is 0 Å². The van der Waals surface area contributed by atoms with Crippen LogP contribution in [0.25, 0.3) is 11.0 Å². The normalized spacial score (nSPS) is 14.2. The molecule has 0 atom stereocenters. The molecule has 0 aliphatic heterocycles. The van der Waals surface area contributed by atoms with Crippen LogP contribution in [-0.4, -0.2) is 40.6 Å². The summed E-state index contributed by atoms with van der Waals surface area (Å²) < 4.78 is 1.47. The summed E-state index contributed by atoms with van der Waals surface area (Å²) in [5, 5.41) is 5.95. The Labute approximate surface area is 151 Å². The molecule has 0 saturated heterocycles. The summed E-state index contributed by atoms with van der Waals surface area (Å²) in [6, 6.07) is 1.70. The van der Waals surface area contributed by atoms with E-state index in [9.17, 15) is 14.4 Å². The fraction of sp³-hybridized carbons (Fsp3) is 0.556. The number of nitrogens with one attached hydrogen (secondary N) is 3. The Morgan fingerprint density at radius 3 is 2.69 bits per heavy atom. The number of likely N-dealkylation sites (N-methyl/N-ethyl adjacent to an activating group) is 1. The molecule has 3 rings (SSSR count). The highest BCUT2D eigenvalue weighted by molar-refractivity contribution is 6.05. The molecule has 2 heterocycles. The number of hydrogen-bond donors (Lipinski definition) is 3. The molecule has 0 radical (unpaired) electrons. The Kier molecular flexibility index (Phi) is 5.22. The van der Waals surface area contributed by atoms with Crippen LogP contribution in [0.2, 0.25) is 0 Å². The van der Waals surface area contributed by atoms with Crippen LogP contribution in [0, 0.1) is 5.92 Å². The Hall–Kier alpha value is -2.48. The lowest BCUT2D eigenvalue weighted by molar-refractivity contribution is 0.0955. The molecular formula is C18H25N5O3. The first kappa shape index (κ1) is 18.3. The van der Waals surface area contributed by atoms with Crippen molar-refractivity contribution in [2.45, 2.75) is 39.2 Å². The van der Waals surface area contributed by atoms with Crippen molar-refractivity contribution in [1.29, 1.82) is 0 Å². The van der Waals surface area contributed by atoms with Gasteiger partial charge in [-0.1, -0.05) is 13.8 Å². The van der Waals surface area contributed by atoms with E-state index >= 15 is 0 Å². The fourth-order valence-corrected chi connectivity index (χ4v) is 2.99. The summed E-state index contributed by atoms with van der Waals surface area (Å²) in [6.45, 7) is 5.47. The number of hydrogen-bond acceptors (Lipinski definition) is 5. The van der Waals surface area contributed by atoms with Crippen LogP contribution in [0.15, 0.2) is 15.7 Å². The second kappa shape index (κ2) is 7.41. The van der Waals surface area contributed by atoms with E-state index in [1.807, 2.05) is 13.8 Å². The Morgan fingerprint density at radius 2 is 2.08 bits per heavy atom. The van der Waals surface area contributed by atoms with Crippen molar-refractivity contribution >= 4 is 16.9 Å². The molecule has 140 valence electrons. The highest BCUT2D eigenvalue weighted by Gasteiger charge is 2.28. The van der Waals surface area contributed by atoms with E-state index in [4.69, 9.17) is 0 Å². The zero-order valence-electron chi connectivity index (χ0n) is 15.4. The number of carbonyl (C=O) groups is 1. The molecule has 1 aliphatic rings.